The Hall–Kier alpha value is -1.11. The van der Waals surface area contributed by atoms with Gasteiger partial charge in [0, 0.05) is 0 Å². The van der Waals surface area contributed by atoms with Crippen LogP contribution in [0.1, 0.15) is 0 Å². The molecule has 0 amide bonds. The minimum absolute atomic E-state index is 0. The van der Waals surface area contributed by atoms with E-state index in [2.05, 4.69) is 0 Å². The van der Waals surface area contributed by atoms with Gasteiger partial charge in [-0.05, 0) is 0 Å². The summed E-state index contributed by atoms with van der Waals surface area (Å²) in [6.45, 7) is 0. The van der Waals surface area contributed by atoms with E-state index < -0.39 is 57.8 Å². The fourth-order valence-electron chi connectivity index (χ4n) is 1.28. The predicted octanol–water partition coefficient (Wildman–Crippen LogP) is 4.11. The molecule has 0 saturated carbocycles. The van der Waals surface area contributed by atoms with E-state index in [-0.39, 0.29) is 6.15 Å². The highest BCUT2D eigenvalue weighted by molar-refractivity contribution is 7.86. The zero-order valence-electron chi connectivity index (χ0n) is 11.9. The highest BCUT2D eigenvalue weighted by Crippen LogP contribution is 2.59. The molecule has 0 fully saturated rings. The Morgan fingerprint density at radius 2 is 0.926 bits per heavy atom. The smallest absolute Gasteiger partial charge is 0.344 e. The summed E-state index contributed by atoms with van der Waals surface area (Å²) < 4.78 is 206. The summed E-state index contributed by atoms with van der Waals surface area (Å²) in [6, 6.07) is 0. The molecule has 0 heterocycles. The summed E-state index contributed by atoms with van der Waals surface area (Å²) in [5, 5.41) is 0. The molecule has 19 heteroatoms. The van der Waals surface area contributed by atoms with E-state index in [1.54, 1.807) is 0 Å². The summed E-state index contributed by atoms with van der Waals surface area (Å²) in [7, 11) is -6.97. The minimum Gasteiger partial charge on any atom is -0.344 e. The molecule has 2 unspecified atom stereocenters. The van der Waals surface area contributed by atoms with Crippen molar-refractivity contribution in [2.24, 2.45) is 0 Å². The van der Waals surface area contributed by atoms with Crippen LogP contribution in [0.15, 0.2) is 0 Å². The summed E-state index contributed by atoms with van der Waals surface area (Å²) in [6.07, 6.45) is -10.7. The Balaban J connectivity index is 0. The van der Waals surface area contributed by atoms with Crippen molar-refractivity contribution in [1.82, 2.24) is 6.15 Å². The van der Waals surface area contributed by atoms with Crippen LogP contribution in [-0.2, 0) is 10.1 Å². The molecule has 27 heavy (non-hydrogen) atoms. The molecule has 166 valence electrons. The lowest BCUT2D eigenvalue weighted by atomic mass is 9.92. The lowest BCUT2D eigenvalue weighted by Crippen LogP contribution is -2.71. The van der Waals surface area contributed by atoms with Crippen LogP contribution in [0.2, 0.25) is 0 Å². The zero-order chi connectivity index (χ0) is 21.7. The second kappa shape index (κ2) is 7.37. The molecule has 2 atom stereocenters. The molecule has 0 aliphatic rings. The van der Waals surface area contributed by atoms with E-state index in [0.29, 0.717) is 0 Å². The van der Waals surface area contributed by atoms with Gasteiger partial charge in [-0.2, -0.15) is 52.3 Å². The van der Waals surface area contributed by atoms with Gasteiger partial charge in [-0.25, -0.2) is 17.6 Å². The lowest BCUT2D eigenvalue weighted by Gasteiger charge is -2.40. The third-order valence-electron chi connectivity index (χ3n) is 2.74. The van der Waals surface area contributed by atoms with Crippen molar-refractivity contribution in [1.29, 1.82) is 0 Å². The topological polar surface area (TPSA) is 89.4 Å². The van der Waals surface area contributed by atoms with Gasteiger partial charge in [-0.15, -0.1) is 0 Å². The van der Waals surface area contributed by atoms with E-state index in [9.17, 15) is 69.9 Å². The van der Waals surface area contributed by atoms with Crippen molar-refractivity contribution < 1.29 is 74.4 Å². The van der Waals surface area contributed by atoms with Crippen LogP contribution in [0.4, 0.5) is 61.5 Å². The van der Waals surface area contributed by atoms with Crippen LogP contribution in [-0.4, -0.2) is 60.7 Å². The second-order valence-electron chi connectivity index (χ2n) is 4.54. The molecular weight excluding hydrogens is 456 g/mol. The van der Waals surface area contributed by atoms with Crippen LogP contribution in [0.3, 0.4) is 0 Å². The Morgan fingerprint density at radius 3 is 1.19 bits per heavy atom. The Bertz CT molecular complexity index is 620. The maximum absolute atomic E-state index is 13.0. The maximum atomic E-state index is 13.0. The molecule has 4 N–H and O–H groups in total. The normalized spacial score (nSPS) is 17.5. The van der Waals surface area contributed by atoms with E-state index >= 15 is 0 Å². The van der Waals surface area contributed by atoms with E-state index in [1.165, 1.54) is 0 Å². The molecule has 0 aromatic heterocycles. The second-order valence-corrected chi connectivity index (χ2v) is 5.98. The van der Waals surface area contributed by atoms with Gasteiger partial charge < -0.3 is 6.15 Å². The van der Waals surface area contributed by atoms with Crippen LogP contribution in [0.5, 0.6) is 0 Å². The van der Waals surface area contributed by atoms with E-state index in [0.717, 1.165) is 0 Å². The van der Waals surface area contributed by atoms with E-state index in [4.69, 9.17) is 4.55 Å². The monoisotopic (exact) mass is 463 g/mol. The van der Waals surface area contributed by atoms with Gasteiger partial charge in [0.1, 0.15) is 0 Å². The molecule has 0 aromatic carbocycles. The summed E-state index contributed by atoms with van der Waals surface area (Å²) in [5.41, 5.74) is -5.73. The quantitative estimate of drug-likeness (QED) is 0.419. The number of hydrogen-bond acceptors (Lipinski definition) is 3. The Labute approximate surface area is 139 Å². The van der Waals surface area contributed by atoms with Gasteiger partial charge in [0.2, 0.25) is 6.17 Å². The third kappa shape index (κ3) is 4.03. The summed E-state index contributed by atoms with van der Waals surface area (Å²) in [4.78, 5) is 0. The summed E-state index contributed by atoms with van der Waals surface area (Å²) in [5.74, 6) is -39.1. The molecule has 4 nitrogen and oxygen atoms in total. The molecular formula is C8H7F14NO3S. The first kappa shape index (κ1) is 28.1. The van der Waals surface area contributed by atoms with Crippen LogP contribution < -0.4 is 6.15 Å². The maximum Gasteiger partial charge on any atom is 0.384 e. The number of rotatable bonds is 8. The standard InChI is InChI=1S/C8H4F14O3S.H3N/c9-1(2(10)11)4(13,14)6(17,18)8(21,22)7(19,20)5(15,16)3(12)26(23,24)25;/h1-3H,(H,23,24,25);1H3. The van der Waals surface area contributed by atoms with Crippen molar-refractivity contribution in [2.45, 2.75) is 47.7 Å². The number of hydrogen-bond donors (Lipinski definition) is 2. The SMILES string of the molecule is N.O=S(=O)(O)C(F)C(F)(F)C(F)(F)C(F)(F)C(F)(F)C(F)(F)C(F)C(F)F. The van der Waals surface area contributed by atoms with Gasteiger partial charge >= 0.3 is 39.7 Å². The third-order valence-corrected chi connectivity index (χ3v) is 3.56. The molecule has 0 bridgehead atoms. The highest BCUT2D eigenvalue weighted by atomic mass is 32.2. The van der Waals surface area contributed by atoms with Crippen LogP contribution in [0.25, 0.3) is 0 Å². The van der Waals surface area contributed by atoms with Gasteiger partial charge in [0.25, 0.3) is 11.9 Å². The highest BCUT2D eigenvalue weighted by Gasteiger charge is 2.89. The summed E-state index contributed by atoms with van der Waals surface area (Å²) >= 11 is 0. The van der Waals surface area contributed by atoms with Gasteiger partial charge in [-0.1, -0.05) is 0 Å². The first-order chi connectivity index (χ1) is 11.0. The van der Waals surface area contributed by atoms with Crippen LogP contribution in [0, 0.1) is 0 Å². The van der Waals surface area contributed by atoms with Gasteiger partial charge in [0.15, 0.2) is 0 Å². The average Bonchev–Trinajstić information content (AvgIpc) is 2.43. The first-order valence-electron chi connectivity index (χ1n) is 5.42. The van der Waals surface area contributed by atoms with Gasteiger partial charge in [0.05, 0.1) is 0 Å². The fourth-order valence-corrected chi connectivity index (χ4v) is 1.80. The van der Waals surface area contributed by atoms with E-state index in [1.807, 2.05) is 0 Å². The molecule has 0 aliphatic heterocycles. The van der Waals surface area contributed by atoms with Gasteiger partial charge in [-0.3, -0.25) is 4.55 Å². The van der Waals surface area contributed by atoms with Crippen LogP contribution >= 0.6 is 0 Å². The fraction of sp³-hybridized carbons (Fsp3) is 1.00. The van der Waals surface area contributed by atoms with Crippen molar-refractivity contribution in [2.75, 3.05) is 0 Å². The molecule has 0 rings (SSSR count). The molecule has 0 spiro atoms. The average molecular weight is 463 g/mol. The zero-order valence-corrected chi connectivity index (χ0v) is 12.7. The van der Waals surface area contributed by atoms with Crippen molar-refractivity contribution >= 4 is 10.1 Å². The number of alkyl halides is 14. The minimum atomic E-state index is -8.18. The molecule has 0 aromatic rings. The van der Waals surface area contributed by atoms with Crippen molar-refractivity contribution in [3.8, 4) is 0 Å². The lowest BCUT2D eigenvalue weighted by molar-refractivity contribution is -0.412. The molecule has 0 radical (unpaired) electrons. The first-order valence-corrected chi connectivity index (χ1v) is 6.93. The Kier molecular flexibility index (Phi) is 7.68. The largest absolute Gasteiger partial charge is 0.384 e. The van der Waals surface area contributed by atoms with Crippen molar-refractivity contribution in [3.05, 3.63) is 0 Å². The number of halogens is 14. The molecule has 0 saturated heterocycles. The Morgan fingerprint density at radius 1 is 0.630 bits per heavy atom. The molecule has 0 aliphatic carbocycles. The predicted molar refractivity (Wildman–Crippen MR) is 57.1 cm³/mol. The van der Waals surface area contributed by atoms with Crippen molar-refractivity contribution in [3.63, 3.8) is 0 Å².